The Morgan fingerprint density at radius 2 is 1.55 bits per heavy atom. The van der Waals surface area contributed by atoms with Crippen LogP contribution in [0.5, 0.6) is 11.5 Å². The third-order valence-corrected chi connectivity index (χ3v) is 3.37. The number of phenolic OH excluding ortho intramolecular Hbond substituents is 2. The van der Waals surface area contributed by atoms with Crippen LogP contribution in [-0.2, 0) is 0 Å². The fourth-order valence-corrected chi connectivity index (χ4v) is 2.39. The van der Waals surface area contributed by atoms with Gasteiger partial charge in [-0.05, 0) is 30.3 Å². The van der Waals surface area contributed by atoms with Crippen molar-refractivity contribution in [2.24, 2.45) is 0 Å². The van der Waals surface area contributed by atoms with Gasteiger partial charge in [-0.2, -0.15) is 0 Å². The van der Waals surface area contributed by atoms with Crippen LogP contribution in [0.2, 0.25) is 0 Å². The van der Waals surface area contributed by atoms with E-state index in [9.17, 15) is 20.4 Å². The highest BCUT2D eigenvalue weighted by molar-refractivity contribution is 5.84. The molecule has 118 valence electrons. The van der Waals surface area contributed by atoms with E-state index in [0.717, 1.165) is 5.69 Å². The summed E-state index contributed by atoms with van der Waals surface area (Å²) in [7, 11) is 0. The predicted octanol–water partition coefficient (Wildman–Crippen LogP) is 1.14. The van der Waals surface area contributed by atoms with E-state index < -0.39 is 0 Å². The number of phenols is 2. The van der Waals surface area contributed by atoms with Crippen molar-refractivity contribution in [3.8, 4) is 22.6 Å². The SMILES string of the molecule is Nc1ccc(N(CCO)CCO)c(-c2ccc(O)cc2O)c1. The molecule has 0 unspecified atom stereocenters. The maximum Gasteiger partial charge on any atom is 0.127 e. The van der Waals surface area contributed by atoms with E-state index in [2.05, 4.69) is 0 Å². The van der Waals surface area contributed by atoms with Crippen molar-refractivity contribution in [2.45, 2.75) is 0 Å². The van der Waals surface area contributed by atoms with Crippen molar-refractivity contribution in [1.29, 1.82) is 0 Å². The molecule has 2 aromatic carbocycles. The Hall–Kier alpha value is -2.44. The van der Waals surface area contributed by atoms with E-state index in [1.165, 1.54) is 12.1 Å². The third-order valence-electron chi connectivity index (χ3n) is 3.37. The van der Waals surface area contributed by atoms with E-state index in [0.29, 0.717) is 29.9 Å². The Morgan fingerprint density at radius 3 is 2.14 bits per heavy atom. The number of benzene rings is 2. The number of nitrogens with two attached hydrogens (primary N) is 1. The van der Waals surface area contributed by atoms with Gasteiger partial charge in [0.1, 0.15) is 11.5 Å². The van der Waals surface area contributed by atoms with E-state index in [-0.39, 0.29) is 24.7 Å². The van der Waals surface area contributed by atoms with Gasteiger partial charge in [-0.15, -0.1) is 0 Å². The Kier molecular flexibility index (Phi) is 5.08. The second-order valence-corrected chi connectivity index (χ2v) is 4.91. The molecule has 0 amide bonds. The van der Waals surface area contributed by atoms with Gasteiger partial charge in [-0.3, -0.25) is 0 Å². The Morgan fingerprint density at radius 1 is 0.864 bits per heavy atom. The molecule has 6 nitrogen and oxygen atoms in total. The molecule has 6 heteroatoms. The number of aliphatic hydroxyl groups is 2. The lowest BCUT2D eigenvalue weighted by Crippen LogP contribution is -2.30. The summed E-state index contributed by atoms with van der Waals surface area (Å²) in [6.45, 7) is 0.559. The number of hydrogen-bond donors (Lipinski definition) is 5. The highest BCUT2D eigenvalue weighted by Gasteiger charge is 2.15. The van der Waals surface area contributed by atoms with Crippen LogP contribution in [0.1, 0.15) is 0 Å². The summed E-state index contributed by atoms with van der Waals surface area (Å²) in [5.74, 6) is -0.103. The summed E-state index contributed by atoms with van der Waals surface area (Å²) in [5, 5.41) is 37.9. The van der Waals surface area contributed by atoms with Gasteiger partial charge in [-0.1, -0.05) is 0 Å². The average Bonchev–Trinajstić information content (AvgIpc) is 2.47. The van der Waals surface area contributed by atoms with E-state index in [1.807, 2.05) is 0 Å². The molecule has 0 aliphatic rings. The number of aliphatic hydroxyl groups excluding tert-OH is 2. The predicted molar refractivity (Wildman–Crippen MR) is 86.0 cm³/mol. The molecule has 0 heterocycles. The average molecular weight is 304 g/mol. The molecule has 0 aliphatic carbocycles. The fraction of sp³-hybridized carbons (Fsp3) is 0.250. The summed E-state index contributed by atoms with van der Waals surface area (Å²) in [6, 6.07) is 9.54. The summed E-state index contributed by atoms with van der Waals surface area (Å²) in [6.07, 6.45) is 0. The van der Waals surface area contributed by atoms with Gasteiger partial charge in [0.2, 0.25) is 0 Å². The highest BCUT2D eigenvalue weighted by atomic mass is 16.3. The molecule has 0 saturated carbocycles. The van der Waals surface area contributed by atoms with E-state index in [4.69, 9.17) is 5.73 Å². The zero-order valence-electron chi connectivity index (χ0n) is 12.1. The van der Waals surface area contributed by atoms with Gasteiger partial charge < -0.3 is 31.1 Å². The summed E-state index contributed by atoms with van der Waals surface area (Å²) < 4.78 is 0. The maximum absolute atomic E-state index is 10.1. The second kappa shape index (κ2) is 7.02. The smallest absolute Gasteiger partial charge is 0.127 e. The van der Waals surface area contributed by atoms with Crippen LogP contribution in [0.25, 0.3) is 11.1 Å². The van der Waals surface area contributed by atoms with Crippen LogP contribution in [-0.4, -0.2) is 46.7 Å². The first-order valence-corrected chi connectivity index (χ1v) is 6.95. The molecule has 0 aliphatic heterocycles. The Balaban J connectivity index is 2.56. The van der Waals surface area contributed by atoms with Crippen molar-refractivity contribution in [1.82, 2.24) is 0 Å². The van der Waals surface area contributed by atoms with Crippen LogP contribution in [0.15, 0.2) is 36.4 Å². The molecule has 2 aromatic rings. The standard InChI is InChI=1S/C16H20N2O4/c17-11-1-4-15(18(5-7-19)6-8-20)14(9-11)13-3-2-12(21)10-16(13)22/h1-4,9-10,19-22H,5-8,17H2. The van der Waals surface area contributed by atoms with Crippen molar-refractivity contribution in [3.05, 3.63) is 36.4 Å². The fourth-order valence-electron chi connectivity index (χ4n) is 2.39. The zero-order chi connectivity index (χ0) is 16.1. The molecule has 0 atom stereocenters. The second-order valence-electron chi connectivity index (χ2n) is 4.91. The van der Waals surface area contributed by atoms with Crippen LogP contribution < -0.4 is 10.6 Å². The molecule has 0 radical (unpaired) electrons. The number of nitrogens with zero attached hydrogens (tertiary/aromatic N) is 1. The molecular formula is C16H20N2O4. The van der Waals surface area contributed by atoms with Crippen molar-refractivity contribution >= 4 is 11.4 Å². The number of nitrogen functional groups attached to an aromatic ring is 1. The number of aromatic hydroxyl groups is 2. The van der Waals surface area contributed by atoms with Crippen molar-refractivity contribution in [2.75, 3.05) is 36.9 Å². The molecule has 0 spiro atoms. The highest BCUT2D eigenvalue weighted by Crippen LogP contribution is 2.38. The largest absolute Gasteiger partial charge is 0.508 e. The summed E-state index contributed by atoms with van der Waals surface area (Å²) in [5.41, 5.74) is 8.29. The summed E-state index contributed by atoms with van der Waals surface area (Å²) in [4.78, 5) is 1.81. The minimum absolute atomic E-state index is 0.0331. The quantitative estimate of drug-likeness (QED) is 0.512. The first-order valence-electron chi connectivity index (χ1n) is 6.95. The third kappa shape index (κ3) is 3.41. The van der Waals surface area contributed by atoms with Crippen LogP contribution in [0, 0.1) is 0 Å². The van der Waals surface area contributed by atoms with Crippen LogP contribution in [0.4, 0.5) is 11.4 Å². The lowest BCUT2D eigenvalue weighted by molar-refractivity contribution is 0.281. The first-order chi connectivity index (χ1) is 10.6. The molecular weight excluding hydrogens is 284 g/mol. The van der Waals surface area contributed by atoms with Gasteiger partial charge in [0.25, 0.3) is 0 Å². The maximum atomic E-state index is 10.1. The van der Waals surface area contributed by atoms with Crippen LogP contribution in [0.3, 0.4) is 0 Å². The number of anilines is 2. The van der Waals surface area contributed by atoms with Gasteiger partial charge in [0, 0.05) is 41.7 Å². The normalized spacial score (nSPS) is 10.6. The topological polar surface area (TPSA) is 110 Å². The molecule has 2 rings (SSSR count). The minimum atomic E-state index is -0.0696. The molecule has 0 fully saturated rings. The van der Waals surface area contributed by atoms with Gasteiger partial charge in [0.05, 0.1) is 13.2 Å². The van der Waals surface area contributed by atoms with Gasteiger partial charge >= 0.3 is 0 Å². The molecule has 0 aromatic heterocycles. The van der Waals surface area contributed by atoms with Crippen LogP contribution >= 0.6 is 0 Å². The van der Waals surface area contributed by atoms with Gasteiger partial charge in [0.15, 0.2) is 0 Å². The minimum Gasteiger partial charge on any atom is -0.508 e. The number of rotatable bonds is 6. The zero-order valence-corrected chi connectivity index (χ0v) is 12.1. The molecule has 0 saturated heterocycles. The lowest BCUT2D eigenvalue weighted by Gasteiger charge is -2.26. The first kappa shape index (κ1) is 15.9. The van der Waals surface area contributed by atoms with Crippen molar-refractivity contribution in [3.63, 3.8) is 0 Å². The van der Waals surface area contributed by atoms with E-state index in [1.54, 1.807) is 29.2 Å². The monoisotopic (exact) mass is 304 g/mol. The summed E-state index contributed by atoms with van der Waals surface area (Å²) >= 11 is 0. The lowest BCUT2D eigenvalue weighted by atomic mass is 10.0. The van der Waals surface area contributed by atoms with Crippen molar-refractivity contribution < 1.29 is 20.4 Å². The van der Waals surface area contributed by atoms with E-state index >= 15 is 0 Å². The molecule has 6 N–H and O–H groups in total. The Bertz CT molecular complexity index is 640. The number of hydrogen-bond acceptors (Lipinski definition) is 6. The molecule has 22 heavy (non-hydrogen) atoms. The van der Waals surface area contributed by atoms with Gasteiger partial charge in [-0.25, -0.2) is 0 Å². The Labute approximate surface area is 128 Å². The molecule has 0 bridgehead atoms.